The minimum Gasteiger partial charge on any atom is -0.340 e. The summed E-state index contributed by atoms with van der Waals surface area (Å²) in [6.07, 6.45) is 4.48. The van der Waals surface area contributed by atoms with E-state index in [-0.39, 0.29) is 15.5 Å². The number of thiazole rings is 1. The van der Waals surface area contributed by atoms with Gasteiger partial charge in [0, 0.05) is 47.1 Å². The Labute approximate surface area is 230 Å². The zero-order chi connectivity index (χ0) is 27.5. The van der Waals surface area contributed by atoms with Gasteiger partial charge < -0.3 is 10.6 Å². The number of benzene rings is 3. The molecule has 3 aromatic carbocycles. The Morgan fingerprint density at radius 2 is 1.59 bits per heavy atom. The number of rotatable bonds is 10. The van der Waals surface area contributed by atoms with Crippen molar-refractivity contribution in [1.82, 2.24) is 20.3 Å². The Kier molecular flexibility index (Phi) is 7.71. The van der Waals surface area contributed by atoms with Gasteiger partial charge in [0.2, 0.25) is 9.84 Å². The van der Waals surface area contributed by atoms with Crippen LogP contribution in [0.25, 0.3) is 21.5 Å². The lowest BCUT2D eigenvalue weighted by Crippen LogP contribution is -2.21. The molecule has 5 aromatic rings. The Hall–Kier alpha value is -3.71. The van der Waals surface area contributed by atoms with E-state index >= 15 is 0 Å². The molecule has 0 aliphatic heterocycles. The first-order valence-corrected chi connectivity index (χ1v) is 16.3. The summed E-state index contributed by atoms with van der Waals surface area (Å²) in [4.78, 5) is 14.8. The topological polar surface area (TPSA) is 131 Å². The van der Waals surface area contributed by atoms with Gasteiger partial charge in [-0.25, -0.2) is 31.8 Å². The van der Waals surface area contributed by atoms with Crippen LogP contribution >= 0.6 is 11.3 Å². The van der Waals surface area contributed by atoms with Gasteiger partial charge in [-0.1, -0.05) is 18.2 Å². The van der Waals surface area contributed by atoms with E-state index in [4.69, 9.17) is 0 Å². The highest BCUT2D eigenvalue weighted by molar-refractivity contribution is 7.91. The second-order valence-corrected chi connectivity index (χ2v) is 14.2. The molecule has 2 N–H and O–H groups in total. The summed E-state index contributed by atoms with van der Waals surface area (Å²) < 4.78 is 48.4. The lowest BCUT2D eigenvalue weighted by Gasteiger charge is -2.10. The Bertz CT molecular complexity index is 1820. The van der Waals surface area contributed by atoms with Crippen LogP contribution in [-0.4, -0.2) is 50.3 Å². The summed E-state index contributed by atoms with van der Waals surface area (Å²) in [7, 11) is -6.61. The van der Waals surface area contributed by atoms with Crippen LogP contribution in [0.5, 0.6) is 0 Å². The van der Waals surface area contributed by atoms with Crippen LogP contribution in [0.2, 0.25) is 0 Å². The molecule has 9 nitrogen and oxygen atoms in total. The molecule has 0 radical (unpaired) electrons. The highest BCUT2D eigenvalue weighted by Gasteiger charge is 2.17. The fraction of sp³-hybridized carbons (Fsp3) is 0.148. The van der Waals surface area contributed by atoms with Gasteiger partial charge in [-0.15, -0.1) is 11.3 Å². The van der Waals surface area contributed by atoms with Gasteiger partial charge in [0.25, 0.3) is 0 Å². The first-order chi connectivity index (χ1) is 18.7. The zero-order valence-electron chi connectivity index (χ0n) is 20.9. The Morgan fingerprint density at radius 1 is 0.846 bits per heavy atom. The number of hydrogen-bond acceptors (Lipinski definition) is 10. The highest BCUT2D eigenvalue weighted by atomic mass is 32.2. The van der Waals surface area contributed by atoms with E-state index in [1.165, 1.54) is 23.9 Å². The number of nitrogens with one attached hydrogen (secondary N) is 2. The molecule has 0 bridgehead atoms. The molecule has 0 atom stereocenters. The molecule has 39 heavy (non-hydrogen) atoms. The average molecular weight is 580 g/mol. The number of anilines is 2. The lowest BCUT2D eigenvalue weighted by atomic mass is 10.1. The first kappa shape index (κ1) is 26.9. The molecule has 2 aromatic heterocycles. The van der Waals surface area contributed by atoms with Crippen LogP contribution < -0.4 is 10.6 Å². The van der Waals surface area contributed by atoms with Crippen LogP contribution in [0.4, 0.5) is 11.5 Å². The van der Waals surface area contributed by atoms with Crippen molar-refractivity contribution in [1.29, 1.82) is 0 Å². The number of hydrogen-bond donors (Lipinski definition) is 2. The molecule has 0 aliphatic carbocycles. The minimum absolute atomic E-state index is 0.0880. The quantitative estimate of drug-likeness (QED) is 0.230. The predicted octanol–water partition coefficient (Wildman–Crippen LogP) is 4.46. The molecule has 0 saturated carbocycles. The monoisotopic (exact) mass is 579 g/mol. The van der Waals surface area contributed by atoms with Gasteiger partial charge in [0.1, 0.15) is 27.0 Å². The van der Waals surface area contributed by atoms with Gasteiger partial charge in [0.05, 0.1) is 21.1 Å². The van der Waals surface area contributed by atoms with E-state index in [1.54, 1.807) is 60.8 Å². The third kappa shape index (κ3) is 6.48. The van der Waals surface area contributed by atoms with E-state index in [0.29, 0.717) is 24.6 Å². The van der Waals surface area contributed by atoms with Crippen molar-refractivity contribution in [2.24, 2.45) is 0 Å². The molecule has 200 valence electrons. The first-order valence-electron chi connectivity index (χ1n) is 11.9. The maximum atomic E-state index is 12.9. The number of sulfone groups is 2. The van der Waals surface area contributed by atoms with Crippen molar-refractivity contribution >= 4 is 53.4 Å². The summed E-state index contributed by atoms with van der Waals surface area (Å²) >= 11 is 1.52. The van der Waals surface area contributed by atoms with Gasteiger partial charge in [-0.05, 0) is 54.6 Å². The average Bonchev–Trinajstić information content (AvgIpc) is 3.40. The zero-order valence-corrected chi connectivity index (χ0v) is 23.4. The van der Waals surface area contributed by atoms with Gasteiger partial charge in [0.15, 0.2) is 0 Å². The maximum absolute atomic E-state index is 12.9. The van der Waals surface area contributed by atoms with Gasteiger partial charge in [-0.2, -0.15) is 0 Å². The molecule has 5 rings (SSSR count). The summed E-state index contributed by atoms with van der Waals surface area (Å²) in [6, 6.07) is 20.7. The van der Waals surface area contributed by atoms with E-state index in [1.807, 2.05) is 18.2 Å². The van der Waals surface area contributed by atoms with Crippen LogP contribution in [-0.2, 0) is 26.2 Å². The SMILES string of the molecule is CS(=O)(=O)CCNCc1cnc(-c2ccc3ncnc(Nc4ccc(S(=O)(=O)c5ccccc5)cc4)c3c2)s1. The molecular weight excluding hydrogens is 555 g/mol. The number of aromatic nitrogens is 3. The number of fused-ring (bicyclic) bond motifs is 1. The van der Waals surface area contributed by atoms with Crippen LogP contribution in [0.3, 0.4) is 0 Å². The van der Waals surface area contributed by atoms with Crippen molar-refractivity contribution in [3.05, 3.63) is 90.2 Å². The van der Waals surface area contributed by atoms with Crippen molar-refractivity contribution < 1.29 is 16.8 Å². The Morgan fingerprint density at radius 3 is 2.33 bits per heavy atom. The molecule has 0 amide bonds. The van der Waals surface area contributed by atoms with Gasteiger partial charge in [-0.3, -0.25) is 0 Å². The summed E-state index contributed by atoms with van der Waals surface area (Å²) in [6.45, 7) is 0.917. The summed E-state index contributed by atoms with van der Waals surface area (Å²) in [5.41, 5.74) is 2.33. The molecule has 2 heterocycles. The highest BCUT2D eigenvalue weighted by Crippen LogP contribution is 2.31. The molecular formula is C27H25N5O4S3. The molecule has 0 fully saturated rings. The minimum atomic E-state index is -3.60. The third-order valence-corrected chi connectivity index (χ3v) is 9.64. The third-order valence-electron chi connectivity index (χ3n) is 5.87. The molecule has 0 spiro atoms. The predicted molar refractivity (Wildman–Crippen MR) is 154 cm³/mol. The van der Waals surface area contributed by atoms with Crippen LogP contribution in [0, 0.1) is 0 Å². The van der Waals surface area contributed by atoms with E-state index in [9.17, 15) is 16.8 Å². The molecule has 0 unspecified atom stereocenters. The number of nitrogens with zero attached hydrogens (tertiary/aromatic N) is 3. The molecule has 0 aliphatic rings. The van der Waals surface area contributed by atoms with E-state index in [0.717, 1.165) is 26.4 Å². The van der Waals surface area contributed by atoms with Crippen molar-refractivity contribution in [2.75, 3.05) is 23.9 Å². The van der Waals surface area contributed by atoms with Crippen molar-refractivity contribution in [3.63, 3.8) is 0 Å². The van der Waals surface area contributed by atoms with E-state index in [2.05, 4.69) is 25.6 Å². The smallest absolute Gasteiger partial charge is 0.206 e. The molecule has 12 heteroatoms. The largest absolute Gasteiger partial charge is 0.340 e. The van der Waals surface area contributed by atoms with Gasteiger partial charge >= 0.3 is 0 Å². The normalized spacial score (nSPS) is 12.0. The summed E-state index contributed by atoms with van der Waals surface area (Å²) in [5, 5.41) is 8.02. The second kappa shape index (κ2) is 11.2. The fourth-order valence-electron chi connectivity index (χ4n) is 3.87. The lowest BCUT2D eigenvalue weighted by molar-refractivity contribution is 0.594. The standard InChI is InChI=1S/C27H25N5O4S3/c1-38(33,34)14-13-28-16-21-17-29-27(37-21)19-7-12-25-24(15-19)26(31-18-30-25)32-20-8-10-23(11-9-20)39(35,36)22-5-3-2-4-6-22/h2-12,15,17-18,28H,13-14,16H2,1H3,(H,30,31,32). The van der Waals surface area contributed by atoms with E-state index < -0.39 is 19.7 Å². The Balaban J connectivity index is 1.34. The fourth-order valence-corrected chi connectivity index (χ4v) is 6.55. The maximum Gasteiger partial charge on any atom is 0.206 e. The summed E-state index contributed by atoms with van der Waals surface area (Å²) in [5.74, 6) is 0.671. The van der Waals surface area contributed by atoms with Crippen molar-refractivity contribution in [3.8, 4) is 10.6 Å². The molecule has 0 saturated heterocycles. The van der Waals surface area contributed by atoms with Crippen LogP contribution in [0.1, 0.15) is 4.88 Å². The van der Waals surface area contributed by atoms with Crippen LogP contribution in [0.15, 0.2) is 95.1 Å². The second-order valence-electron chi connectivity index (χ2n) is 8.86. The van der Waals surface area contributed by atoms with Crippen molar-refractivity contribution in [2.45, 2.75) is 16.3 Å².